The van der Waals surface area contributed by atoms with Crippen LogP contribution in [0.2, 0.25) is 0 Å². The maximum absolute atomic E-state index is 10.9. The van der Waals surface area contributed by atoms with Gasteiger partial charge >= 0.3 is 0 Å². The average molecular weight is 134 g/mol. The number of hydrogen-bond donors (Lipinski definition) is 0. The van der Waals surface area contributed by atoms with Crippen molar-refractivity contribution >= 4 is 5.78 Å². The molecule has 0 aromatic carbocycles. The van der Waals surface area contributed by atoms with Gasteiger partial charge in [0.15, 0.2) is 5.78 Å². The Balaban J connectivity index is 2.85. The highest BCUT2D eigenvalue weighted by Crippen LogP contribution is 1.98. The summed E-state index contributed by atoms with van der Waals surface area (Å²) in [7, 11) is 0. The Morgan fingerprint density at radius 1 is 1.80 bits per heavy atom. The largest absolute Gasteiger partial charge is 0.294 e. The zero-order valence-corrected chi connectivity index (χ0v) is 5.79. The van der Waals surface area contributed by atoms with Gasteiger partial charge in [-0.1, -0.05) is 6.92 Å². The van der Waals surface area contributed by atoms with Crippen LogP contribution in [-0.4, -0.2) is 10.8 Å². The lowest BCUT2D eigenvalue weighted by Crippen LogP contribution is -1.96. The first-order valence-corrected chi connectivity index (χ1v) is 3.20. The van der Waals surface area contributed by atoms with Gasteiger partial charge in [0.1, 0.15) is 6.20 Å². The van der Waals surface area contributed by atoms with Crippen molar-refractivity contribution in [1.29, 1.82) is 0 Å². The number of carbonyl (C=O) groups excluding carboxylic acids is 1. The summed E-state index contributed by atoms with van der Waals surface area (Å²) in [4.78, 5) is 14.7. The van der Waals surface area contributed by atoms with Crippen molar-refractivity contribution in [3.05, 3.63) is 30.1 Å². The molecular formula is C8H8NO. The zero-order chi connectivity index (χ0) is 7.40. The van der Waals surface area contributed by atoms with Crippen LogP contribution in [0, 0.1) is 6.20 Å². The van der Waals surface area contributed by atoms with Gasteiger partial charge in [0, 0.05) is 18.2 Å². The Kier molecular flexibility index (Phi) is 2.15. The number of ketones is 1. The minimum absolute atomic E-state index is 0.0908. The molecular weight excluding hydrogens is 126 g/mol. The summed E-state index contributed by atoms with van der Waals surface area (Å²) in [6, 6.07) is 3.46. The number of Topliss-reactive ketones (excluding diaryl/α,β-unsaturated/α-hetero) is 1. The summed E-state index contributed by atoms with van der Waals surface area (Å²) >= 11 is 0. The molecule has 0 bridgehead atoms. The number of nitrogens with zero attached hydrogens (tertiary/aromatic N) is 1. The minimum Gasteiger partial charge on any atom is -0.294 e. The molecule has 0 aliphatic heterocycles. The van der Waals surface area contributed by atoms with E-state index in [1.54, 1.807) is 18.3 Å². The Bertz CT molecular complexity index is 218. The first-order valence-electron chi connectivity index (χ1n) is 3.20. The van der Waals surface area contributed by atoms with Crippen molar-refractivity contribution < 1.29 is 4.79 Å². The van der Waals surface area contributed by atoms with E-state index in [9.17, 15) is 4.79 Å². The highest BCUT2D eigenvalue weighted by Gasteiger charge is 2.00. The molecule has 0 saturated heterocycles. The molecule has 1 rings (SSSR count). The molecule has 1 aromatic rings. The van der Waals surface area contributed by atoms with Crippen LogP contribution >= 0.6 is 0 Å². The Morgan fingerprint density at radius 3 is 3.10 bits per heavy atom. The second-order valence-corrected chi connectivity index (χ2v) is 1.94. The standard InChI is InChI=1S/C8H8NO/c1-2-8(10)7-4-3-5-9-6-7/h3-5H,2H2,1H3. The molecule has 0 aliphatic rings. The van der Waals surface area contributed by atoms with Gasteiger partial charge in [-0.25, -0.2) is 0 Å². The van der Waals surface area contributed by atoms with E-state index in [1.807, 2.05) is 6.92 Å². The quantitative estimate of drug-likeness (QED) is 0.573. The fourth-order valence-electron chi connectivity index (χ4n) is 0.672. The summed E-state index contributed by atoms with van der Waals surface area (Å²) in [6.45, 7) is 1.82. The molecule has 0 amide bonds. The van der Waals surface area contributed by atoms with Crippen LogP contribution in [0.1, 0.15) is 23.7 Å². The van der Waals surface area contributed by atoms with Gasteiger partial charge in [-0.3, -0.25) is 9.78 Å². The van der Waals surface area contributed by atoms with E-state index < -0.39 is 0 Å². The molecule has 0 unspecified atom stereocenters. The topological polar surface area (TPSA) is 30.0 Å². The van der Waals surface area contributed by atoms with Crippen LogP contribution in [0.25, 0.3) is 0 Å². The van der Waals surface area contributed by atoms with Crippen LogP contribution in [0.4, 0.5) is 0 Å². The predicted octanol–water partition coefficient (Wildman–Crippen LogP) is 1.47. The third-order valence-electron chi connectivity index (χ3n) is 1.23. The van der Waals surface area contributed by atoms with Crippen molar-refractivity contribution in [2.75, 3.05) is 0 Å². The van der Waals surface area contributed by atoms with E-state index in [-0.39, 0.29) is 5.78 Å². The van der Waals surface area contributed by atoms with E-state index in [1.165, 1.54) is 0 Å². The molecule has 0 N–H and O–H groups in total. The summed E-state index contributed by atoms with van der Waals surface area (Å²) in [5, 5.41) is 0. The summed E-state index contributed by atoms with van der Waals surface area (Å²) in [5.74, 6) is 0.0908. The van der Waals surface area contributed by atoms with Gasteiger partial charge in [-0.2, -0.15) is 0 Å². The molecule has 1 aromatic heterocycles. The smallest absolute Gasteiger partial charge is 0.164 e. The van der Waals surface area contributed by atoms with Gasteiger partial charge in [0.2, 0.25) is 0 Å². The van der Waals surface area contributed by atoms with Crippen molar-refractivity contribution in [3.8, 4) is 0 Å². The molecule has 0 aliphatic carbocycles. The number of hydrogen-bond acceptors (Lipinski definition) is 2. The monoisotopic (exact) mass is 134 g/mol. The highest BCUT2D eigenvalue weighted by atomic mass is 16.1. The van der Waals surface area contributed by atoms with Crippen LogP contribution in [0.3, 0.4) is 0 Å². The second-order valence-electron chi connectivity index (χ2n) is 1.94. The van der Waals surface area contributed by atoms with E-state index in [0.29, 0.717) is 12.0 Å². The molecule has 1 heterocycles. The van der Waals surface area contributed by atoms with Crippen molar-refractivity contribution in [2.45, 2.75) is 13.3 Å². The molecule has 10 heavy (non-hydrogen) atoms. The fourth-order valence-corrected chi connectivity index (χ4v) is 0.672. The number of rotatable bonds is 2. The Morgan fingerprint density at radius 2 is 2.60 bits per heavy atom. The third-order valence-corrected chi connectivity index (χ3v) is 1.23. The first-order chi connectivity index (χ1) is 4.84. The van der Waals surface area contributed by atoms with Crippen LogP contribution in [0.5, 0.6) is 0 Å². The van der Waals surface area contributed by atoms with Crippen LogP contribution in [-0.2, 0) is 0 Å². The predicted molar refractivity (Wildman–Crippen MR) is 37.7 cm³/mol. The van der Waals surface area contributed by atoms with Gasteiger partial charge in [0.05, 0.1) is 0 Å². The molecule has 0 fully saturated rings. The van der Waals surface area contributed by atoms with Crippen LogP contribution < -0.4 is 0 Å². The average Bonchev–Trinajstić information content (AvgIpc) is 2.05. The molecule has 51 valence electrons. The van der Waals surface area contributed by atoms with Gasteiger partial charge < -0.3 is 0 Å². The second kappa shape index (κ2) is 3.11. The SMILES string of the molecule is CCC(=O)c1[c]nccc1. The summed E-state index contributed by atoms with van der Waals surface area (Å²) < 4.78 is 0. The lowest BCUT2D eigenvalue weighted by atomic mass is 10.1. The van der Waals surface area contributed by atoms with Gasteiger partial charge in [-0.05, 0) is 12.1 Å². The van der Waals surface area contributed by atoms with E-state index in [4.69, 9.17) is 0 Å². The normalized spacial score (nSPS) is 9.30. The number of aromatic nitrogens is 1. The Hall–Kier alpha value is -1.18. The van der Waals surface area contributed by atoms with Crippen molar-refractivity contribution in [1.82, 2.24) is 4.98 Å². The molecule has 0 spiro atoms. The molecule has 2 nitrogen and oxygen atoms in total. The molecule has 0 atom stereocenters. The van der Waals surface area contributed by atoms with Gasteiger partial charge in [-0.15, -0.1) is 0 Å². The number of pyridine rings is 1. The highest BCUT2D eigenvalue weighted by molar-refractivity contribution is 5.95. The molecule has 2 heteroatoms. The maximum atomic E-state index is 10.9. The maximum Gasteiger partial charge on any atom is 0.164 e. The summed E-state index contributed by atoms with van der Waals surface area (Å²) in [6.07, 6.45) is 4.74. The lowest BCUT2D eigenvalue weighted by molar-refractivity contribution is 0.0987. The fraction of sp³-hybridized carbons (Fsp3) is 0.250. The summed E-state index contributed by atoms with van der Waals surface area (Å²) in [5.41, 5.74) is 0.574. The Labute approximate surface area is 59.9 Å². The lowest BCUT2D eigenvalue weighted by Gasteiger charge is -1.91. The number of carbonyl (C=O) groups is 1. The molecule has 0 saturated carbocycles. The molecule has 1 radical (unpaired) electrons. The first kappa shape index (κ1) is 6.93. The minimum atomic E-state index is 0.0908. The van der Waals surface area contributed by atoms with Crippen molar-refractivity contribution in [3.63, 3.8) is 0 Å². The zero-order valence-electron chi connectivity index (χ0n) is 5.79. The third kappa shape index (κ3) is 1.41. The van der Waals surface area contributed by atoms with Gasteiger partial charge in [0.25, 0.3) is 0 Å². The van der Waals surface area contributed by atoms with E-state index >= 15 is 0 Å². The van der Waals surface area contributed by atoms with Crippen molar-refractivity contribution in [2.24, 2.45) is 0 Å². The van der Waals surface area contributed by atoms with Crippen LogP contribution in [0.15, 0.2) is 18.3 Å². The van der Waals surface area contributed by atoms with E-state index in [0.717, 1.165) is 0 Å². The van der Waals surface area contributed by atoms with E-state index in [2.05, 4.69) is 11.2 Å².